The van der Waals surface area contributed by atoms with Crippen LogP contribution in [-0.2, 0) is 0 Å². The first-order chi connectivity index (χ1) is 8.49. The molecule has 1 saturated heterocycles. The minimum atomic E-state index is 0.125. The fraction of sp³-hybridized carbons (Fsp3) is 0.500. The monoisotopic (exact) mass is 264 g/mol. The Bertz CT molecular complexity index is 430. The summed E-state index contributed by atoms with van der Waals surface area (Å²) in [5, 5.41) is 0. The van der Waals surface area contributed by atoms with Crippen LogP contribution in [0.5, 0.6) is 0 Å². The van der Waals surface area contributed by atoms with E-state index >= 15 is 0 Å². The predicted octanol–water partition coefficient (Wildman–Crippen LogP) is 2.00. The third-order valence-electron chi connectivity index (χ3n) is 3.64. The van der Waals surface area contributed by atoms with E-state index in [0.717, 1.165) is 23.5 Å². The van der Waals surface area contributed by atoms with E-state index in [1.54, 1.807) is 0 Å². The van der Waals surface area contributed by atoms with Crippen LogP contribution in [0.25, 0.3) is 0 Å². The summed E-state index contributed by atoms with van der Waals surface area (Å²) >= 11 is 4.23. The Morgan fingerprint density at radius 3 is 2.39 bits per heavy atom. The van der Waals surface area contributed by atoms with Crippen molar-refractivity contribution in [2.45, 2.75) is 17.9 Å². The first-order valence-electron chi connectivity index (χ1n) is 6.23. The molecule has 0 spiro atoms. The quantitative estimate of drug-likeness (QED) is 0.826. The van der Waals surface area contributed by atoms with Crippen LogP contribution in [0.2, 0.25) is 0 Å². The van der Waals surface area contributed by atoms with Crippen LogP contribution in [0, 0.1) is 5.92 Å². The number of nitrogens with zero attached hydrogens (tertiary/aromatic N) is 2. The molecule has 1 fully saturated rings. The number of rotatable bonds is 2. The maximum Gasteiger partial charge on any atom is 0.253 e. The molecular weight excluding hydrogens is 244 g/mol. The highest BCUT2D eigenvalue weighted by molar-refractivity contribution is 7.80. The molecule has 2 unspecified atom stereocenters. The molecule has 0 saturated carbocycles. The molecule has 0 aliphatic carbocycles. The van der Waals surface area contributed by atoms with Crippen molar-refractivity contribution in [1.82, 2.24) is 9.80 Å². The second-order valence-electron chi connectivity index (χ2n) is 5.27. The number of hydrogen-bond acceptors (Lipinski definition) is 3. The van der Waals surface area contributed by atoms with Gasteiger partial charge in [-0.05, 0) is 44.3 Å². The van der Waals surface area contributed by atoms with Crippen LogP contribution in [0.4, 0.5) is 0 Å². The Labute approximate surface area is 114 Å². The lowest BCUT2D eigenvalue weighted by Gasteiger charge is -2.22. The molecule has 2 rings (SSSR count). The second kappa shape index (κ2) is 5.33. The lowest BCUT2D eigenvalue weighted by atomic mass is 10.1. The van der Waals surface area contributed by atoms with Gasteiger partial charge in [-0.1, -0.05) is 6.92 Å². The number of benzene rings is 1. The zero-order valence-electron chi connectivity index (χ0n) is 11.1. The molecule has 98 valence electrons. The first kappa shape index (κ1) is 13.4. The van der Waals surface area contributed by atoms with E-state index in [9.17, 15) is 4.79 Å². The number of thiol groups is 1. The van der Waals surface area contributed by atoms with Gasteiger partial charge in [0, 0.05) is 29.6 Å². The van der Waals surface area contributed by atoms with E-state index in [4.69, 9.17) is 0 Å². The summed E-state index contributed by atoms with van der Waals surface area (Å²) < 4.78 is 0. The smallest absolute Gasteiger partial charge is 0.253 e. The van der Waals surface area contributed by atoms with Gasteiger partial charge in [-0.25, -0.2) is 0 Å². The van der Waals surface area contributed by atoms with Crippen molar-refractivity contribution < 1.29 is 4.79 Å². The standard InChI is InChI=1S/C14H20N2OS/c1-10-8-16(9-13(10)15(2)3)14(17)11-4-6-12(18)7-5-11/h4-7,10,13,18H,8-9H2,1-3H3. The normalized spacial score (nSPS) is 23.7. The highest BCUT2D eigenvalue weighted by Crippen LogP contribution is 2.22. The van der Waals surface area contributed by atoms with Gasteiger partial charge >= 0.3 is 0 Å². The summed E-state index contributed by atoms with van der Waals surface area (Å²) in [6.45, 7) is 3.86. The van der Waals surface area contributed by atoms with Crippen LogP contribution in [0.1, 0.15) is 17.3 Å². The van der Waals surface area contributed by atoms with Crippen molar-refractivity contribution in [3.05, 3.63) is 29.8 Å². The van der Waals surface area contributed by atoms with Crippen molar-refractivity contribution >= 4 is 18.5 Å². The lowest BCUT2D eigenvalue weighted by Crippen LogP contribution is -2.35. The fourth-order valence-electron chi connectivity index (χ4n) is 2.57. The van der Waals surface area contributed by atoms with Gasteiger partial charge in [0.25, 0.3) is 5.91 Å². The molecule has 1 aliphatic heterocycles. The number of likely N-dealkylation sites (N-methyl/N-ethyl adjacent to an activating group) is 1. The molecule has 0 radical (unpaired) electrons. The molecular formula is C14H20N2OS. The molecule has 1 heterocycles. The van der Waals surface area contributed by atoms with Crippen LogP contribution in [0.15, 0.2) is 29.2 Å². The van der Waals surface area contributed by atoms with Crippen molar-refractivity contribution in [2.24, 2.45) is 5.92 Å². The number of hydrogen-bond donors (Lipinski definition) is 1. The molecule has 0 N–H and O–H groups in total. The fourth-order valence-corrected chi connectivity index (χ4v) is 2.72. The Hall–Kier alpha value is -1.00. The zero-order valence-corrected chi connectivity index (χ0v) is 12.0. The molecule has 3 nitrogen and oxygen atoms in total. The highest BCUT2D eigenvalue weighted by atomic mass is 32.1. The Balaban J connectivity index is 2.09. The zero-order chi connectivity index (χ0) is 13.3. The molecule has 4 heteroatoms. The van der Waals surface area contributed by atoms with Crippen LogP contribution < -0.4 is 0 Å². The summed E-state index contributed by atoms with van der Waals surface area (Å²) in [6, 6.07) is 7.87. The van der Waals surface area contributed by atoms with E-state index in [-0.39, 0.29) is 5.91 Å². The number of carbonyl (C=O) groups is 1. The topological polar surface area (TPSA) is 23.6 Å². The molecule has 0 bridgehead atoms. The van der Waals surface area contributed by atoms with Crippen LogP contribution in [-0.4, -0.2) is 48.9 Å². The minimum Gasteiger partial charge on any atom is -0.337 e. The SMILES string of the molecule is CC1CN(C(=O)c2ccc(S)cc2)CC1N(C)C. The van der Waals surface area contributed by atoms with Gasteiger partial charge in [-0.3, -0.25) is 4.79 Å². The first-order valence-corrected chi connectivity index (χ1v) is 6.68. The molecule has 0 aromatic heterocycles. The lowest BCUT2D eigenvalue weighted by molar-refractivity contribution is 0.0781. The Morgan fingerprint density at radius 2 is 1.89 bits per heavy atom. The molecule has 1 aromatic carbocycles. The summed E-state index contributed by atoms with van der Waals surface area (Å²) in [4.78, 5) is 17.4. The van der Waals surface area contributed by atoms with Gasteiger partial charge in [0.2, 0.25) is 0 Å². The van der Waals surface area contributed by atoms with Gasteiger partial charge < -0.3 is 9.80 Å². The number of amides is 1. The van der Waals surface area contributed by atoms with E-state index < -0.39 is 0 Å². The largest absolute Gasteiger partial charge is 0.337 e. The van der Waals surface area contributed by atoms with Crippen LogP contribution >= 0.6 is 12.6 Å². The second-order valence-corrected chi connectivity index (χ2v) is 5.78. The Morgan fingerprint density at radius 1 is 1.28 bits per heavy atom. The van der Waals surface area contributed by atoms with Crippen molar-refractivity contribution in [3.63, 3.8) is 0 Å². The maximum atomic E-state index is 12.4. The molecule has 2 atom stereocenters. The van der Waals surface area contributed by atoms with Crippen molar-refractivity contribution in [2.75, 3.05) is 27.2 Å². The third-order valence-corrected chi connectivity index (χ3v) is 3.94. The molecule has 1 aliphatic rings. The maximum absolute atomic E-state index is 12.4. The van der Waals surface area contributed by atoms with E-state index in [1.807, 2.05) is 29.2 Å². The Kier molecular flexibility index (Phi) is 3.97. The van der Waals surface area contributed by atoms with E-state index in [2.05, 4.69) is 38.5 Å². The van der Waals surface area contributed by atoms with Crippen LogP contribution in [0.3, 0.4) is 0 Å². The van der Waals surface area contributed by atoms with E-state index in [1.165, 1.54) is 0 Å². The highest BCUT2D eigenvalue weighted by Gasteiger charge is 2.33. The summed E-state index contributed by atoms with van der Waals surface area (Å²) in [5.74, 6) is 0.646. The third kappa shape index (κ3) is 2.70. The molecule has 1 aromatic rings. The average molecular weight is 264 g/mol. The van der Waals surface area contributed by atoms with Gasteiger partial charge in [-0.15, -0.1) is 12.6 Å². The van der Waals surface area contributed by atoms with Gasteiger partial charge in [0.05, 0.1) is 0 Å². The van der Waals surface area contributed by atoms with Crippen molar-refractivity contribution in [1.29, 1.82) is 0 Å². The van der Waals surface area contributed by atoms with Crippen molar-refractivity contribution in [3.8, 4) is 0 Å². The van der Waals surface area contributed by atoms with Gasteiger partial charge in [0.1, 0.15) is 0 Å². The molecule has 18 heavy (non-hydrogen) atoms. The average Bonchev–Trinajstić information content (AvgIpc) is 2.71. The van der Waals surface area contributed by atoms with E-state index in [0.29, 0.717) is 12.0 Å². The summed E-state index contributed by atoms with van der Waals surface area (Å²) in [6.07, 6.45) is 0. The number of carbonyl (C=O) groups excluding carboxylic acids is 1. The van der Waals surface area contributed by atoms with Gasteiger partial charge in [0.15, 0.2) is 0 Å². The summed E-state index contributed by atoms with van der Waals surface area (Å²) in [5.41, 5.74) is 0.749. The van der Waals surface area contributed by atoms with Gasteiger partial charge in [-0.2, -0.15) is 0 Å². The number of likely N-dealkylation sites (tertiary alicyclic amines) is 1. The predicted molar refractivity (Wildman–Crippen MR) is 76.2 cm³/mol. The molecule has 1 amide bonds. The summed E-state index contributed by atoms with van der Waals surface area (Å²) in [7, 11) is 4.15. The minimum absolute atomic E-state index is 0.125.